The Morgan fingerprint density at radius 1 is 1.19 bits per heavy atom. The van der Waals surface area contributed by atoms with Gasteiger partial charge >= 0.3 is 0 Å². The Labute approximate surface area is 138 Å². The van der Waals surface area contributed by atoms with Crippen LogP contribution in [0.1, 0.15) is 31.9 Å². The van der Waals surface area contributed by atoms with E-state index in [0.29, 0.717) is 4.90 Å². The summed E-state index contributed by atoms with van der Waals surface area (Å²) in [7, 11) is 0. The molecule has 0 bridgehead atoms. The van der Waals surface area contributed by atoms with Gasteiger partial charge in [0.25, 0.3) is 0 Å². The molecular weight excluding hydrogens is 349 g/mol. The van der Waals surface area contributed by atoms with Gasteiger partial charge in [-0.2, -0.15) is 0 Å². The number of benzene rings is 2. The Balaban J connectivity index is 2.28. The molecule has 2 rings (SSSR count). The lowest BCUT2D eigenvalue weighted by Crippen LogP contribution is -2.19. The van der Waals surface area contributed by atoms with Gasteiger partial charge in [-0.1, -0.05) is 46.7 Å². The molecule has 0 aliphatic heterocycles. The minimum absolute atomic E-state index is 0.175. The van der Waals surface area contributed by atoms with E-state index in [0.717, 1.165) is 22.3 Å². The fourth-order valence-corrected chi connectivity index (χ4v) is 3.48. The first-order valence-corrected chi connectivity index (χ1v) is 8.68. The summed E-state index contributed by atoms with van der Waals surface area (Å²) in [5, 5.41) is 3.49. The minimum Gasteiger partial charge on any atom is -0.310 e. The monoisotopic (exact) mass is 367 g/mol. The summed E-state index contributed by atoms with van der Waals surface area (Å²) in [5.41, 5.74) is 1.19. The van der Waals surface area contributed by atoms with Crippen molar-refractivity contribution in [2.24, 2.45) is 0 Å². The second-order valence-electron chi connectivity index (χ2n) is 4.89. The molecule has 2 aromatic rings. The van der Waals surface area contributed by atoms with E-state index in [1.807, 2.05) is 24.3 Å². The number of nitrogens with one attached hydrogen (secondary N) is 1. The first kappa shape index (κ1) is 16.5. The molecule has 2 aromatic carbocycles. The van der Waals surface area contributed by atoms with Crippen LogP contribution >= 0.6 is 27.7 Å². The molecule has 0 saturated carbocycles. The van der Waals surface area contributed by atoms with Crippen LogP contribution in [-0.2, 0) is 0 Å². The van der Waals surface area contributed by atoms with Crippen LogP contribution in [0.25, 0.3) is 0 Å². The molecule has 0 spiro atoms. The van der Waals surface area contributed by atoms with E-state index in [-0.39, 0.29) is 11.9 Å². The largest absolute Gasteiger partial charge is 0.310 e. The fraction of sp³-hybridized carbons (Fsp3) is 0.294. The molecule has 1 N–H and O–H groups in total. The molecule has 0 aliphatic rings. The van der Waals surface area contributed by atoms with Crippen molar-refractivity contribution in [1.29, 1.82) is 0 Å². The molecule has 0 fully saturated rings. The maximum absolute atomic E-state index is 13.8. The second-order valence-corrected chi connectivity index (χ2v) is 6.89. The van der Waals surface area contributed by atoms with Crippen molar-refractivity contribution < 1.29 is 4.39 Å². The van der Waals surface area contributed by atoms with E-state index in [2.05, 4.69) is 41.2 Å². The maximum Gasteiger partial charge on any atom is 0.137 e. The molecule has 1 nitrogen and oxygen atoms in total. The summed E-state index contributed by atoms with van der Waals surface area (Å²) in [6.07, 6.45) is 1.09. The predicted molar refractivity (Wildman–Crippen MR) is 91.4 cm³/mol. The summed E-state index contributed by atoms with van der Waals surface area (Å²) in [5.74, 6) is -0.175. The van der Waals surface area contributed by atoms with Crippen molar-refractivity contribution in [2.45, 2.75) is 36.1 Å². The van der Waals surface area contributed by atoms with Gasteiger partial charge < -0.3 is 5.32 Å². The van der Waals surface area contributed by atoms with E-state index in [1.165, 1.54) is 23.4 Å². The number of hydrogen-bond donors (Lipinski definition) is 1. The first-order chi connectivity index (χ1) is 10.1. The van der Waals surface area contributed by atoms with Gasteiger partial charge in [-0.25, -0.2) is 4.39 Å². The van der Waals surface area contributed by atoms with Crippen LogP contribution in [0.4, 0.5) is 4.39 Å². The minimum atomic E-state index is -0.175. The van der Waals surface area contributed by atoms with Crippen LogP contribution in [0.15, 0.2) is 56.7 Å². The zero-order valence-corrected chi connectivity index (χ0v) is 14.6. The van der Waals surface area contributed by atoms with E-state index >= 15 is 0 Å². The highest BCUT2D eigenvalue weighted by Gasteiger charge is 2.13. The molecule has 0 amide bonds. The molecule has 0 radical (unpaired) electrons. The van der Waals surface area contributed by atoms with Gasteiger partial charge in [-0.05, 0) is 55.8 Å². The van der Waals surface area contributed by atoms with Gasteiger partial charge in [0, 0.05) is 20.3 Å². The smallest absolute Gasteiger partial charge is 0.137 e. The van der Waals surface area contributed by atoms with Crippen molar-refractivity contribution in [3.8, 4) is 0 Å². The zero-order chi connectivity index (χ0) is 15.2. The average Bonchev–Trinajstić information content (AvgIpc) is 2.48. The number of rotatable bonds is 6. The van der Waals surface area contributed by atoms with Gasteiger partial charge in [0.15, 0.2) is 0 Å². The summed E-state index contributed by atoms with van der Waals surface area (Å²) in [4.78, 5) is 1.74. The maximum atomic E-state index is 13.8. The summed E-state index contributed by atoms with van der Waals surface area (Å²) < 4.78 is 14.9. The van der Waals surface area contributed by atoms with Crippen LogP contribution in [0.3, 0.4) is 0 Å². The molecule has 0 aromatic heterocycles. The normalized spacial score (nSPS) is 12.4. The summed E-state index contributed by atoms with van der Waals surface area (Å²) in [6, 6.07) is 13.3. The zero-order valence-electron chi connectivity index (χ0n) is 12.2. The van der Waals surface area contributed by atoms with Crippen molar-refractivity contribution in [3.63, 3.8) is 0 Å². The SMILES string of the molecule is CCCNC(C)c1cc(Br)ccc1Sc1ccccc1F. The van der Waals surface area contributed by atoms with Crippen LogP contribution in [0.5, 0.6) is 0 Å². The molecule has 0 saturated heterocycles. The quantitative estimate of drug-likeness (QED) is 0.692. The molecule has 0 aliphatic carbocycles. The Bertz CT molecular complexity index is 603. The van der Waals surface area contributed by atoms with Crippen LogP contribution < -0.4 is 5.32 Å². The number of hydrogen-bond acceptors (Lipinski definition) is 2. The van der Waals surface area contributed by atoms with E-state index in [1.54, 1.807) is 6.07 Å². The Kier molecular flexibility index (Phi) is 6.27. The molecule has 4 heteroatoms. The van der Waals surface area contributed by atoms with Gasteiger partial charge in [0.1, 0.15) is 5.82 Å². The second kappa shape index (κ2) is 7.97. The Hall–Kier alpha value is -0.840. The van der Waals surface area contributed by atoms with Crippen molar-refractivity contribution in [2.75, 3.05) is 6.54 Å². The summed E-state index contributed by atoms with van der Waals surface area (Å²) >= 11 is 5.00. The predicted octanol–water partition coefficient (Wildman–Crippen LogP) is 5.80. The standard InChI is InChI=1S/C17H19BrFNS/c1-3-10-20-12(2)14-11-13(18)8-9-16(14)21-17-7-5-4-6-15(17)19/h4-9,11-12,20H,3,10H2,1-2H3. The van der Waals surface area contributed by atoms with Crippen molar-refractivity contribution in [3.05, 3.63) is 58.3 Å². The average molecular weight is 368 g/mol. The highest BCUT2D eigenvalue weighted by molar-refractivity contribution is 9.10. The van der Waals surface area contributed by atoms with Crippen LogP contribution in [-0.4, -0.2) is 6.54 Å². The third-order valence-corrected chi connectivity index (χ3v) is 4.83. The lowest BCUT2D eigenvalue weighted by Gasteiger charge is -2.18. The highest BCUT2D eigenvalue weighted by atomic mass is 79.9. The molecule has 1 atom stereocenters. The third-order valence-electron chi connectivity index (χ3n) is 3.20. The molecular formula is C17H19BrFNS. The molecule has 1 unspecified atom stereocenters. The first-order valence-electron chi connectivity index (χ1n) is 7.07. The van der Waals surface area contributed by atoms with E-state index < -0.39 is 0 Å². The summed E-state index contributed by atoms with van der Waals surface area (Å²) in [6.45, 7) is 5.26. The van der Waals surface area contributed by atoms with Crippen molar-refractivity contribution in [1.82, 2.24) is 5.32 Å². The van der Waals surface area contributed by atoms with Gasteiger partial charge in [0.2, 0.25) is 0 Å². The molecule has 112 valence electrons. The van der Waals surface area contributed by atoms with E-state index in [9.17, 15) is 4.39 Å². The fourth-order valence-electron chi connectivity index (χ4n) is 2.07. The lowest BCUT2D eigenvalue weighted by atomic mass is 10.1. The molecule has 0 heterocycles. The van der Waals surface area contributed by atoms with E-state index in [4.69, 9.17) is 0 Å². The van der Waals surface area contributed by atoms with Gasteiger partial charge in [-0.3, -0.25) is 0 Å². The number of halogens is 2. The van der Waals surface area contributed by atoms with Crippen LogP contribution in [0.2, 0.25) is 0 Å². The topological polar surface area (TPSA) is 12.0 Å². The Morgan fingerprint density at radius 3 is 2.67 bits per heavy atom. The van der Waals surface area contributed by atoms with Crippen molar-refractivity contribution >= 4 is 27.7 Å². The third kappa shape index (κ3) is 4.56. The highest BCUT2D eigenvalue weighted by Crippen LogP contribution is 2.36. The van der Waals surface area contributed by atoms with Gasteiger partial charge in [-0.15, -0.1) is 0 Å². The lowest BCUT2D eigenvalue weighted by molar-refractivity contribution is 0.563. The molecule has 21 heavy (non-hydrogen) atoms. The Morgan fingerprint density at radius 2 is 1.95 bits per heavy atom. The van der Waals surface area contributed by atoms with Crippen LogP contribution in [0, 0.1) is 5.82 Å². The van der Waals surface area contributed by atoms with Gasteiger partial charge in [0.05, 0.1) is 0 Å².